The molecule has 0 aromatic heterocycles. The van der Waals surface area contributed by atoms with Gasteiger partial charge in [0.2, 0.25) is 5.91 Å². The van der Waals surface area contributed by atoms with Gasteiger partial charge in [-0.05, 0) is 32.5 Å². The second-order valence-electron chi connectivity index (χ2n) is 4.49. The van der Waals surface area contributed by atoms with Crippen LogP contribution in [-0.4, -0.2) is 30.4 Å². The highest BCUT2D eigenvalue weighted by atomic mass is 79.9. The molecule has 1 amide bonds. The number of halogens is 1. The maximum absolute atomic E-state index is 11.6. The van der Waals surface area contributed by atoms with Gasteiger partial charge in [-0.1, -0.05) is 34.1 Å². The van der Waals surface area contributed by atoms with Gasteiger partial charge < -0.3 is 5.32 Å². The Kier molecular flexibility index (Phi) is 5.65. The Morgan fingerprint density at radius 3 is 2.65 bits per heavy atom. The zero-order valence-corrected chi connectivity index (χ0v) is 12.1. The molecule has 1 N–H and O–H groups in total. The van der Waals surface area contributed by atoms with Crippen LogP contribution in [0.1, 0.15) is 19.4 Å². The number of rotatable bonds is 5. The molecule has 1 aromatic rings. The Labute approximate surface area is 111 Å². The minimum Gasteiger partial charge on any atom is -0.353 e. The minimum atomic E-state index is 0.0644. The molecule has 0 aliphatic heterocycles. The van der Waals surface area contributed by atoms with Gasteiger partial charge in [-0.2, -0.15) is 0 Å². The highest BCUT2D eigenvalue weighted by molar-refractivity contribution is 9.10. The van der Waals surface area contributed by atoms with Crippen molar-refractivity contribution < 1.29 is 4.79 Å². The van der Waals surface area contributed by atoms with E-state index in [0.717, 1.165) is 11.0 Å². The summed E-state index contributed by atoms with van der Waals surface area (Å²) in [6.07, 6.45) is 0. The van der Waals surface area contributed by atoms with Gasteiger partial charge in [-0.15, -0.1) is 0 Å². The van der Waals surface area contributed by atoms with E-state index in [1.165, 1.54) is 5.56 Å². The van der Waals surface area contributed by atoms with Gasteiger partial charge >= 0.3 is 0 Å². The van der Waals surface area contributed by atoms with Crippen LogP contribution in [0.4, 0.5) is 0 Å². The fraction of sp³-hybridized carbons (Fsp3) is 0.462. The van der Waals surface area contributed by atoms with Crippen LogP contribution in [0.2, 0.25) is 0 Å². The second-order valence-corrected chi connectivity index (χ2v) is 5.34. The van der Waals surface area contributed by atoms with E-state index in [9.17, 15) is 4.79 Å². The molecule has 1 rings (SSSR count). The number of nitrogens with one attached hydrogen (secondary N) is 1. The lowest BCUT2D eigenvalue weighted by Crippen LogP contribution is -2.38. The summed E-state index contributed by atoms with van der Waals surface area (Å²) in [5.41, 5.74) is 1.19. The van der Waals surface area contributed by atoms with Crippen molar-refractivity contribution >= 4 is 21.8 Å². The van der Waals surface area contributed by atoms with E-state index in [1.54, 1.807) is 0 Å². The van der Waals surface area contributed by atoms with Gasteiger partial charge in [-0.25, -0.2) is 0 Å². The molecule has 0 unspecified atom stereocenters. The Hall–Kier alpha value is -0.870. The average Bonchev–Trinajstić information content (AvgIpc) is 2.19. The molecule has 4 heteroatoms. The predicted octanol–water partition coefficient (Wildman–Crippen LogP) is 2.41. The third-order valence-corrected chi connectivity index (χ3v) is 3.03. The largest absolute Gasteiger partial charge is 0.353 e. The number of carbonyl (C=O) groups is 1. The van der Waals surface area contributed by atoms with Crippen LogP contribution in [0.25, 0.3) is 0 Å². The van der Waals surface area contributed by atoms with Crippen LogP contribution in [0.3, 0.4) is 0 Å². The summed E-state index contributed by atoms with van der Waals surface area (Å²) in [5.74, 6) is 0.0644. The van der Waals surface area contributed by atoms with Gasteiger partial charge in [0.25, 0.3) is 0 Å². The molecule has 0 bridgehead atoms. The fourth-order valence-corrected chi connectivity index (χ4v) is 2.00. The van der Waals surface area contributed by atoms with E-state index in [2.05, 4.69) is 27.3 Å². The zero-order valence-electron chi connectivity index (χ0n) is 10.5. The summed E-state index contributed by atoms with van der Waals surface area (Å²) in [5, 5.41) is 2.88. The summed E-state index contributed by atoms with van der Waals surface area (Å²) in [6, 6.07) is 8.25. The predicted molar refractivity (Wildman–Crippen MR) is 73.8 cm³/mol. The maximum atomic E-state index is 11.6. The minimum absolute atomic E-state index is 0.0644. The van der Waals surface area contributed by atoms with E-state index in [4.69, 9.17) is 0 Å². The van der Waals surface area contributed by atoms with E-state index in [0.29, 0.717) is 6.54 Å². The van der Waals surface area contributed by atoms with E-state index in [1.807, 2.05) is 44.0 Å². The molecule has 3 nitrogen and oxygen atoms in total. The van der Waals surface area contributed by atoms with Gasteiger partial charge in [-0.3, -0.25) is 9.69 Å². The van der Waals surface area contributed by atoms with Gasteiger partial charge in [0.05, 0.1) is 6.54 Å². The van der Waals surface area contributed by atoms with Crippen molar-refractivity contribution in [3.63, 3.8) is 0 Å². The fourth-order valence-electron chi connectivity index (χ4n) is 1.59. The number of benzene rings is 1. The Morgan fingerprint density at radius 2 is 2.06 bits per heavy atom. The van der Waals surface area contributed by atoms with Gasteiger partial charge in [0.1, 0.15) is 0 Å². The summed E-state index contributed by atoms with van der Waals surface area (Å²) < 4.78 is 1.08. The lowest BCUT2D eigenvalue weighted by Gasteiger charge is -2.18. The molecule has 0 fully saturated rings. The Morgan fingerprint density at radius 1 is 1.41 bits per heavy atom. The second kappa shape index (κ2) is 6.77. The standard InChI is InChI=1S/C13H19BrN2O/c1-10(2)15-13(17)9-16(3)8-11-6-4-5-7-12(11)14/h4-7,10H,8-9H2,1-3H3,(H,15,17). The van der Waals surface area contributed by atoms with Gasteiger partial charge in [0, 0.05) is 17.1 Å². The molecule has 0 aliphatic carbocycles. The van der Waals surface area contributed by atoms with Crippen molar-refractivity contribution in [2.24, 2.45) is 0 Å². The van der Waals surface area contributed by atoms with Crippen molar-refractivity contribution in [1.29, 1.82) is 0 Å². The molecule has 0 radical (unpaired) electrons. The first-order chi connectivity index (χ1) is 7.99. The molecular formula is C13H19BrN2O. The monoisotopic (exact) mass is 298 g/mol. The third-order valence-electron chi connectivity index (χ3n) is 2.26. The third kappa shape index (κ3) is 5.33. The SMILES string of the molecule is CC(C)NC(=O)CN(C)Cc1ccccc1Br. The molecule has 0 atom stereocenters. The molecule has 1 aromatic carbocycles. The van der Waals surface area contributed by atoms with Crippen molar-refractivity contribution in [2.45, 2.75) is 26.4 Å². The summed E-state index contributed by atoms with van der Waals surface area (Å²) in [4.78, 5) is 13.6. The van der Waals surface area contributed by atoms with Crippen molar-refractivity contribution in [2.75, 3.05) is 13.6 Å². The van der Waals surface area contributed by atoms with Crippen LogP contribution >= 0.6 is 15.9 Å². The average molecular weight is 299 g/mol. The number of carbonyl (C=O) groups excluding carboxylic acids is 1. The van der Waals surface area contributed by atoms with Crippen LogP contribution in [0.15, 0.2) is 28.7 Å². The quantitative estimate of drug-likeness (QED) is 0.905. The normalized spacial score (nSPS) is 10.9. The lowest BCUT2D eigenvalue weighted by molar-refractivity contribution is -0.122. The summed E-state index contributed by atoms with van der Waals surface area (Å²) in [7, 11) is 1.94. The molecular weight excluding hydrogens is 280 g/mol. The van der Waals surface area contributed by atoms with Crippen LogP contribution in [0.5, 0.6) is 0 Å². The first-order valence-corrected chi connectivity index (χ1v) is 6.49. The first-order valence-electron chi connectivity index (χ1n) is 5.70. The molecule has 0 saturated heterocycles. The number of hydrogen-bond acceptors (Lipinski definition) is 2. The van der Waals surface area contributed by atoms with Gasteiger partial charge in [0.15, 0.2) is 0 Å². The molecule has 0 saturated carbocycles. The van der Waals surface area contributed by atoms with Crippen LogP contribution < -0.4 is 5.32 Å². The first kappa shape index (κ1) is 14.2. The van der Waals surface area contributed by atoms with E-state index < -0.39 is 0 Å². The summed E-state index contributed by atoms with van der Waals surface area (Å²) in [6.45, 7) is 5.10. The molecule has 0 aliphatic rings. The molecule has 0 spiro atoms. The van der Waals surface area contributed by atoms with Crippen LogP contribution in [0, 0.1) is 0 Å². The molecule has 94 valence electrons. The number of amides is 1. The van der Waals surface area contributed by atoms with Crippen LogP contribution in [-0.2, 0) is 11.3 Å². The highest BCUT2D eigenvalue weighted by Crippen LogP contribution is 2.16. The van der Waals surface area contributed by atoms with Crippen molar-refractivity contribution in [1.82, 2.24) is 10.2 Å². The number of likely N-dealkylation sites (N-methyl/N-ethyl adjacent to an activating group) is 1. The number of nitrogens with zero attached hydrogens (tertiary/aromatic N) is 1. The van der Waals surface area contributed by atoms with E-state index >= 15 is 0 Å². The summed E-state index contributed by atoms with van der Waals surface area (Å²) >= 11 is 3.50. The number of hydrogen-bond donors (Lipinski definition) is 1. The Bertz CT molecular complexity index is 379. The lowest BCUT2D eigenvalue weighted by atomic mass is 10.2. The molecule has 17 heavy (non-hydrogen) atoms. The van der Waals surface area contributed by atoms with E-state index in [-0.39, 0.29) is 11.9 Å². The Balaban J connectivity index is 2.47. The maximum Gasteiger partial charge on any atom is 0.234 e. The van der Waals surface area contributed by atoms with Crippen molar-refractivity contribution in [3.8, 4) is 0 Å². The smallest absolute Gasteiger partial charge is 0.234 e. The van der Waals surface area contributed by atoms with Crippen molar-refractivity contribution in [3.05, 3.63) is 34.3 Å². The zero-order chi connectivity index (χ0) is 12.8. The topological polar surface area (TPSA) is 32.3 Å². The molecule has 0 heterocycles. The highest BCUT2D eigenvalue weighted by Gasteiger charge is 2.09.